The van der Waals surface area contributed by atoms with Gasteiger partial charge in [0, 0.05) is 7.11 Å². The first-order valence-electron chi connectivity index (χ1n) is 6.88. The van der Waals surface area contributed by atoms with E-state index in [1.807, 2.05) is 6.07 Å². The van der Waals surface area contributed by atoms with Crippen LogP contribution in [0.4, 0.5) is 0 Å². The summed E-state index contributed by atoms with van der Waals surface area (Å²) in [4.78, 5) is 0. The number of aliphatic hydroxyl groups is 2. The first-order valence-corrected chi connectivity index (χ1v) is 8.42. The van der Waals surface area contributed by atoms with E-state index < -0.39 is 25.1 Å². The van der Waals surface area contributed by atoms with Crippen molar-refractivity contribution in [3.8, 4) is 0 Å². The van der Waals surface area contributed by atoms with Crippen molar-refractivity contribution in [1.82, 2.24) is 0 Å². The highest BCUT2D eigenvalue weighted by molar-refractivity contribution is 7.55. The fourth-order valence-electron chi connectivity index (χ4n) is 2.74. The highest BCUT2D eigenvalue weighted by Gasteiger charge is 2.65. The van der Waals surface area contributed by atoms with Crippen LogP contribution in [0.2, 0.25) is 0 Å². The van der Waals surface area contributed by atoms with Gasteiger partial charge >= 0.3 is 7.60 Å². The van der Waals surface area contributed by atoms with Crippen LogP contribution >= 0.6 is 7.60 Å². The summed E-state index contributed by atoms with van der Waals surface area (Å²) in [7, 11) is -2.76. The molecule has 4 atom stereocenters. The fraction of sp³-hybridized carbons (Fsp3) is 0.250. The van der Waals surface area contributed by atoms with E-state index >= 15 is 0 Å². The Morgan fingerprint density at radius 2 is 1.64 bits per heavy atom. The Kier molecular flexibility index (Phi) is 3.93. The van der Waals surface area contributed by atoms with Crippen LogP contribution in [0, 0.1) is 0 Å². The van der Waals surface area contributed by atoms with Crippen LogP contribution in [0.5, 0.6) is 0 Å². The van der Waals surface area contributed by atoms with Gasteiger partial charge in [-0.1, -0.05) is 60.7 Å². The van der Waals surface area contributed by atoms with Gasteiger partial charge in [-0.15, -0.1) is 0 Å². The van der Waals surface area contributed by atoms with E-state index in [4.69, 9.17) is 9.05 Å². The first-order chi connectivity index (χ1) is 10.5. The second-order valence-electron chi connectivity index (χ2n) is 5.15. The maximum absolute atomic E-state index is 13.0. The van der Waals surface area contributed by atoms with Crippen LogP contribution in [0.1, 0.15) is 17.2 Å². The lowest BCUT2D eigenvalue weighted by Gasteiger charge is -2.29. The molecule has 0 aromatic heterocycles. The van der Waals surface area contributed by atoms with Gasteiger partial charge in [-0.05, 0) is 11.1 Å². The second kappa shape index (κ2) is 5.61. The highest BCUT2D eigenvalue weighted by Crippen LogP contribution is 2.73. The van der Waals surface area contributed by atoms with Crippen molar-refractivity contribution in [2.75, 3.05) is 7.11 Å². The zero-order valence-corrected chi connectivity index (χ0v) is 12.9. The summed E-state index contributed by atoms with van der Waals surface area (Å²) >= 11 is 0. The van der Waals surface area contributed by atoms with Crippen molar-refractivity contribution in [2.45, 2.75) is 17.6 Å². The molecule has 0 radical (unpaired) electrons. The highest BCUT2D eigenvalue weighted by atomic mass is 31.2. The Labute approximate surface area is 128 Å². The van der Waals surface area contributed by atoms with Crippen molar-refractivity contribution in [3.63, 3.8) is 0 Å². The quantitative estimate of drug-likeness (QED) is 0.851. The van der Waals surface area contributed by atoms with E-state index in [-0.39, 0.29) is 0 Å². The molecule has 1 aliphatic heterocycles. The predicted molar refractivity (Wildman–Crippen MR) is 81.2 cm³/mol. The van der Waals surface area contributed by atoms with E-state index in [2.05, 4.69) is 0 Å². The van der Waals surface area contributed by atoms with E-state index in [9.17, 15) is 14.8 Å². The summed E-state index contributed by atoms with van der Waals surface area (Å²) in [5.41, 5.74) is 0.922. The molecular formula is C16H17O5P. The molecule has 0 spiro atoms. The van der Waals surface area contributed by atoms with Gasteiger partial charge < -0.3 is 14.7 Å². The molecule has 6 heteroatoms. The molecule has 5 nitrogen and oxygen atoms in total. The third-order valence-electron chi connectivity index (χ3n) is 3.94. The van der Waals surface area contributed by atoms with Crippen molar-refractivity contribution >= 4 is 7.60 Å². The zero-order chi connectivity index (χ0) is 15.8. The number of rotatable bonds is 3. The molecule has 2 aromatic carbocycles. The molecule has 0 aliphatic carbocycles. The summed E-state index contributed by atoms with van der Waals surface area (Å²) in [6, 6.07) is 17.2. The Morgan fingerprint density at radius 3 is 2.18 bits per heavy atom. The van der Waals surface area contributed by atoms with Crippen molar-refractivity contribution in [2.24, 2.45) is 0 Å². The normalized spacial score (nSPS) is 34.7. The third-order valence-corrected chi connectivity index (χ3v) is 6.28. The molecule has 0 bridgehead atoms. The van der Waals surface area contributed by atoms with Crippen LogP contribution in [0.3, 0.4) is 0 Å². The summed E-state index contributed by atoms with van der Waals surface area (Å²) < 4.78 is 23.5. The molecule has 1 aliphatic rings. The van der Waals surface area contributed by atoms with Crippen molar-refractivity contribution in [1.29, 1.82) is 0 Å². The molecule has 1 heterocycles. The molecule has 0 amide bonds. The lowest BCUT2D eigenvalue weighted by atomic mass is 9.95. The molecule has 22 heavy (non-hydrogen) atoms. The maximum atomic E-state index is 13.0. The molecule has 116 valence electrons. The summed E-state index contributed by atoms with van der Waals surface area (Å²) in [5, 5.41) is 19.6. The maximum Gasteiger partial charge on any atom is 0.369 e. The molecule has 2 aromatic rings. The smallest absolute Gasteiger partial charge is 0.369 e. The third kappa shape index (κ3) is 2.14. The number of aliphatic hydroxyl groups excluding tert-OH is 1. The SMILES string of the molecule is CO[P@]1(=O)O[C@@H](c2ccccc2)[C@H](O)[C@@]1(O)c1ccccc1. The minimum atomic E-state index is -3.97. The van der Waals surface area contributed by atoms with Gasteiger partial charge in [-0.2, -0.15) is 0 Å². The van der Waals surface area contributed by atoms with Gasteiger partial charge in [-0.3, -0.25) is 9.09 Å². The number of benzene rings is 2. The molecule has 0 unspecified atom stereocenters. The van der Waals surface area contributed by atoms with Gasteiger partial charge in [0.1, 0.15) is 12.2 Å². The lowest BCUT2D eigenvalue weighted by molar-refractivity contribution is -0.0385. The average molecular weight is 320 g/mol. The van der Waals surface area contributed by atoms with Crippen LogP contribution in [0.15, 0.2) is 60.7 Å². The summed E-state index contributed by atoms with van der Waals surface area (Å²) in [5.74, 6) is 0. The zero-order valence-electron chi connectivity index (χ0n) is 12.0. The van der Waals surface area contributed by atoms with Gasteiger partial charge in [0.05, 0.1) is 0 Å². The van der Waals surface area contributed by atoms with E-state index in [0.717, 1.165) is 0 Å². The van der Waals surface area contributed by atoms with Crippen LogP contribution in [-0.4, -0.2) is 23.4 Å². The van der Waals surface area contributed by atoms with Gasteiger partial charge in [-0.25, -0.2) is 0 Å². The van der Waals surface area contributed by atoms with E-state index in [1.165, 1.54) is 7.11 Å². The van der Waals surface area contributed by atoms with Gasteiger partial charge in [0.25, 0.3) is 0 Å². The Hall–Kier alpha value is -1.49. The molecule has 0 saturated carbocycles. The Bertz CT molecular complexity index is 690. The first kappa shape index (κ1) is 15.4. The average Bonchev–Trinajstić information content (AvgIpc) is 2.79. The standard InChI is InChI=1S/C16H17O5P/c1-20-22(19)16(18,13-10-6-3-7-11-13)15(17)14(21-22)12-8-4-2-5-9-12/h2-11,14-15,17-18H,1H3/t14-,15-,16+,22-/m0/s1. The minimum Gasteiger partial charge on any atom is -0.386 e. The molecule has 1 saturated heterocycles. The summed E-state index contributed by atoms with van der Waals surface area (Å²) in [6.07, 6.45) is -2.35. The minimum absolute atomic E-state index is 0.297. The largest absolute Gasteiger partial charge is 0.386 e. The predicted octanol–water partition coefficient (Wildman–Crippen LogP) is 2.80. The van der Waals surface area contributed by atoms with E-state index in [0.29, 0.717) is 11.1 Å². The van der Waals surface area contributed by atoms with Crippen LogP contribution in [0.25, 0.3) is 0 Å². The monoisotopic (exact) mass is 320 g/mol. The Morgan fingerprint density at radius 1 is 1.09 bits per heavy atom. The second-order valence-corrected chi connectivity index (χ2v) is 7.41. The van der Waals surface area contributed by atoms with Crippen molar-refractivity contribution < 1.29 is 23.8 Å². The summed E-state index contributed by atoms with van der Waals surface area (Å²) in [6.45, 7) is 0. The topological polar surface area (TPSA) is 76.0 Å². The van der Waals surface area contributed by atoms with Crippen LogP contribution in [-0.2, 0) is 19.0 Å². The molecule has 2 N–H and O–H groups in total. The Balaban J connectivity index is 2.11. The number of hydrogen-bond donors (Lipinski definition) is 2. The van der Waals surface area contributed by atoms with E-state index in [1.54, 1.807) is 54.6 Å². The fourth-order valence-corrected chi connectivity index (χ4v) is 4.73. The lowest BCUT2D eigenvalue weighted by Crippen LogP contribution is -2.37. The molecule has 1 fully saturated rings. The van der Waals surface area contributed by atoms with Gasteiger partial charge in [0.15, 0.2) is 0 Å². The molecule has 3 rings (SSSR count). The molecular weight excluding hydrogens is 303 g/mol. The van der Waals surface area contributed by atoms with Crippen LogP contribution < -0.4 is 0 Å². The van der Waals surface area contributed by atoms with Crippen molar-refractivity contribution in [3.05, 3.63) is 71.8 Å². The number of hydrogen-bond acceptors (Lipinski definition) is 5. The van der Waals surface area contributed by atoms with Gasteiger partial charge in [0.2, 0.25) is 5.34 Å².